The van der Waals surface area contributed by atoms with Gasteiger partial charge >= 0.3 is 0 Å². The largest absolute Gasteiger partial charge is 0.395 e. The molecule has 0 aromatic rings. The highest BCUT2D eigenvalue weighted by Gasteiger charge is 2.44. The van der Waals surface area contributed by atoms with Crippen LogP contribution in [0, 0.1) is 11.3 Å². The third-order valence-electron chi connectivity index (χ3n) is 3.74. The van der Waals surface area contributed by atoms with E-state index in [2.05, 4.69) is 0 Å². The Morgan fingerprint density at radius 3 is 1.89 bits per heavy atom. The van der Waals surface area contributed by atoms with Crippen LogP contribution in [-0.2, 0) is 10.0 Å². The molecule has 1 aliphatic rings. The van der Waals surface area contributed by atoms with Crippen LogP contribution < -0.4 is 0 Å². The Labute approximate surface area is 118 Å². The molecular weight excluding hydrogens is 262 g/mol. The molecule has 1 atom stereocenters. The zero-order valence-electron chi connectivity index (χ0n) is 13.1. The van der Waals surface area contributed by atoms with Crippen LogP contribution in [0.25, 0.3) is 0 Å². The van der Waals surface area contributed by atoms with Crippen LogP contribution in [0.4, 0.5) is 0 Å². The molecule has 5 heteroatoms. The second kappa shape index (κ2) is 5.34. The van der Waals surface area contributed by atoms with Gasteiger partial charge in [0.2, 0.25) is 10.0 Å². The molecule has 1 rings (SSSR count). The van der Waals surface area contributed by atoms with Gasteiger partial charge in [-0.05, 0) is 44.9 Å². The van der Waals surface area contributed by atoms with Gasteiger partial charge < -0.3 is 5.11 Å². The summed E-state index contributed by atoms with van der Waals surface area (Å²) in [6, 6.07) is -0.364. The molecule has 0 amide bonds. The SMILES string of the molecule is CC(C)(C)[C@@H](CO)N(CC1CC1)S(=O)(=O)C(C)(C)C. The quantitative estimate of drug-likeness (QED) is 0.845. The molecule has 4 nitrogen and oxygen atoms in total. The summed E-state index contributed by atoms with van der Waals surface area (Å²) in [6.45, 7) is 11.5. The number of aliphatic hydroxyl groups excluding tert-OH is 1. The van der Waals surface area contributed by atoms with Gasteiger partial charge in [-0.15, -0.1) is 0 Å². The number of nitrogens with zero attached hydrogens (tertiary/aromatic N) is 1. The minimum atomic E-state index is -3.41. The third-order valence-corrected chi connectivity index (χ3v) is 6.31. The fraction of sp³-hybridized carbons (Fsp3) is 1.00. The van der Waals surface area contributed by atoms with Crippen LogP contribution in [0.2, 0.25) is 0 Å². The lowest BCUT2D eigenvalue weighted by Crippen LogP contribution is -2.54. The normalized spacial score (nSPS) is 19.8. The first-order valence-corrected chi connectivity index (χ1v) is 8.47. The van der Waals surface area contributed by atoms with E-state index in [9.17, 15) is 13.5 Å². The lowest BCUT2D eigenvalue weighted by atomic mass is 9.87. The first-order valence-electron chi connectivity index (χ1n) is 7.03. The van der Waals surface area contributed by atoms with Gasteiger partial charge in [-0.2, -0.15) is 4.31 Å². The molecule has 1 aliphatic carbocycles. The zero-order chi connectivity index (χ0) is 15.1. The summed E-state index contributed by atoms with van der Waals surface area (Å²) >= 11 is 0. The molecule has 1 fully saturated rings. The Balaban J connectivity index is 3.13. The second-order valence-corrected chi connectivity index (χ2v) is 10.3. The molecular formula is C14H29NO3S. The molecule has 1 N–H and O–H groups in total. The van der Waals surface area contributed by atoms with E-state index >= 15 is 0 Å². The van der Waals surface area contributed by atoms with E-state index in [1.54, 1.807) is 25.1 Å². The van der Waals surface area contributed by atoms with Crippen molar-refractivity contribution in [2.75, 3.05) is 13.2 Å². The number of hydrogen-bond donors (Lipinski definition) is 1. The zero-order valence-corrected chi connectivity index (χ0v) is 13.9. The Morgan fingerprint density at radius 2 is 1.63 bits per heavy atom. The molecule has 0 aromatic carbocycles. The van der Waals surface area contributed by atoms with Crippen molar-refractivity contribution < 1.29 is 13.5 Å². The predicted molar refractivity (Wildman–Crippen MR) is 78.4 cm³/mol. The minimum absolute atomic E-state index is 0.133. The van der Waals surface area contributed by atoms with Gasteiger partial charge in [0.1, 0.15) is 0 Å². The van der Waals surface area contributed by atoms with Gasteiger partial charge in [0.05, 0.1) is 17.4 Å². The van der Waals surface area contributed by atoms with E-state index in [1.807, 2.05) is 20.8 Å². The van der Waals surface area contributed by atoms with Crippen molar-refractivity contribution in [3.63, 3.8) is 0 Å². The van der Waals surface area contributed by atoms with Crippen molar-refractivity contribution in [2.45, 2.75) is 65.2 Å². The van der Waals surface area contributed by atoms with E-state index in [4.69, 9.17) is 0 Å². The van der Waals surface area contributed by atoms with Gasteiger partial charge in [0, 0.05) is 6.54 Å². The fourth-order valence-electron chi connectivity index (χ4n) is 2.10. The van der Waals surface area contributed by atoms with Crippen LogP contribution in [0.15, 0.2) is 0 Å². The second-order valence-electron chi connectivity index (χ2n) is 7.69. The number of aliphatic hydroxyl groups is 1. The summed E-state index contributed by atoms with van der Waals surface area (Å²) in [6.07, 6.45) is 2.19. The maximum atomic E-state index is 12.8. The van der Waals surface area contributed by atoms with E-state index in [0.717, 1.165) is 12.8 Å². The van der Waals surface area contributed by atoms with Crippen molar-refractivity contribution in [2.24, 2.45) is 11.3 Å². The third kappa shape index (κ3) is 3.92. The Hall–Kier alpha value is -0.130. The average molecular weight is 291 g/mol. The molecule has 1 saturated carbocycles. The van der Waals surface area contributed by atoms with Crippen molar-refractivity contribution in [1.29, 1.82) is 0 Å². The highest BCUT2D eigenvalue weighted by Crippen LogP contribution is 2.36. The summed E-state index contributed by atoms with van der Waals surface area (Å²) in [5, 5.41) is 9.69. The van der Waals surface area contributed by atoms with Crippen molar-refractivity contribution in [3.8, 4) is 0 Å². The van der Waals surface area contributed by atoms with Crippen LogP contribution in [0.5, 0.6) is 0 Å². The molecule has 0 radical (unpaired) electrons. The summed E-state index contributed by atoms with van der Waals surface area (Å²) in [4.78, 5) is 0. The van der Waals surface area contributed by atoms with E-state index in [1.165, 1.54) is 0 Å². The predicted octanol–water partition coefficient (Wildman–Crippen LogP) is 2.23. The Kier molecular flexibility index (Phi) is 4.75. The van der Waals surface area contributed by atoms with Gasteiger partial charge in [-0.3, -0.25) is 0 Å². The number of hydrogen-bond acceptors (Lipinski definition) is 3. The molecule has 114 valence electrons. The molecule has 0 unspecified atom stereocenters. The molecule has 0 aromatic heterocycles. The highest BCUT2D eigenvalue weighted by atomic mass is 32.2. The molecule has 19 heavy (non-hydrogen) atoms. The topological polar surface area (TPSA) is 57.6 Å². The fourth-order valence-corrected chi connectivity index (χ4v) is 3.92. The Bertz CT molecular complexity index is 399. The van der Waals surface area contributed by atoms with Gasteiger partial charge in [-0.1, -0.05) is 20.8 Å². The monoisotopic (exact) mass is 291 g/mol. The smallest absolute Gasteiger partial charge is 0.219 e. The minimum Gasteiger partial charge on any atom is -0.395 e. The van der Waals surface area contributed by atoms with Gasteiger partial charge in [-0.25, -0.2) is 8.42 Å². The van der Waals surface area contributed by atoms with Gasteiger partial charge in [0.15, 0.2) is 0 Å². The maximum Gasteiger partial charge on any atom is 0.219 e. The van der Waals surface area contributed by atoms with E-state index in [-0.39, 0.29) is 18.1 Å². The van der Waals surface area contributed by atoms with Gasteiger partial charge in [0.25, 0.3) is 0 Å². The van der Waals surface area contributed by atoms with Crippen LogP contribution in [0.3, 0.4) is 0 Å². The molecule has 0 saturated heterocycles. The summed E-state index contributed by atoms with van der Waals surface area (Å²) < 4.78 is 26.3. The van der Waals surface area contributed by atoms with E-state index in [0.29, 0.717) is 12.5 Å². The summed E-state index contributed by atoms with van der Waals surface area (Å²) in [5.74, 6) is 0.466. The maximum absolute atomic E-state index is 12.8. The lowest BCUT2D eigenvalue weighted by Gasteiger charge is -2.41. The number of rotatable bonds is 5. The summed E-state index contributed by atoms with van der Waals surface area (Å²) in [5.41, 5.74) is -0.276. The molecule has 0 heterocycles. The van der Waals surface area contributed by atoms with Crippen LogP contribution in [0.1, 0.15) is 54.4 Å². The first-order chi connectivity index (χ1) is 8.41. The number of sulfonamides is 1. The summed E-state index contributed by atoms with van der Waals surface area (Å²) in [7, 11) is -3.41. The molecule has 0 aliphatic heterocycles. The van der Waals surface area contributed by atoms with E-state index < -0.39 is 14.8 Å². The molecule has 0 spiro atoms. The van der Waals surface area contributed by atoms with Crippen LogP contribution in [-0.4, -0.2) is 41.8 Å². The Morgan fingerprint density at radius 1 is 1.16 bits per heavy atom. The average Bonchev–Trinajstić information content (AvgIpc) is 2.97. The van der Waals surface area contributed by atoms with Crippen molar-refractivity contribution >= 4 is 10.0 Å². The van der Waals surface area contributed by atoms with Crippen LogP contribution >= 0.6 is 0 Å². The highest BCUT2D eigenvalue weighted by molar-refractivity contribution is 7.90. The molecule has 0 bridgehead atoms. The van der Waals surface area contributed by atoms with Crippen molar-refractivity contribution in [1.82, 2.24) is 4.31 Å². The first kappa shape index (κ1) is 16.9. The standard InChI is InChI=1S/C14H29NO3S/c1-13(2,3)12(10-16)15(9-11-7-8-11)19(17,18)14(4,5)6/h11-12,16H,7-10H2,1-6H3/t12-/m1/s1. The lowest BCUT2D eigenvalue weighted by molar-refractivity contribution is 0.0974. The van der Waals surface area contributed by atoms with Crippen molar-refractivity contribution in [3.05, 3.63) is 0 Å².